The molecule has 31 heavy (non-hydrogen) atoms. The Morgan fingerprint density at radius 1 is 1.00 bits per heavy atom. The molecule has 0 spiro atoms. The second kappa shape index (κ2) is 8.61. The predicted molar refractivity (Wildman–Crippen MR) is 116 cm³/mol. The van der Waals surface area contributed by atoms with Gasteiger partial charge >= 0.3 is 0 Å². The molecule has 4 rings (SSSR count). The highest BCUT2D eigenvalue weighted by molar-refractivity contribution is 5.88. The zero-order valence-electron chi connectivity index (χ0n) is 17.9. The first-order valence-electron chi connectivity index (χ1n) is 10.4. The lowest BCUT2D eigenvalue weighted by Crippen LogP contribution is -2.55. The van der Waals surface area contributed by atoms with Gasteiger partial charge in [0.25, 0.3) is 0 Å². The van der Waals surface area contributed by atoms with Crippen molar-refractivity contribution in [2.45, 2.75) is 50.9 Å². The zero-order valence-corrected chi connectivity index (χ0v) is 17.9. The number of hydrogen-bond donors (Lipinski definition) is 4. The van der Waals surface area contributed by atoms with Gasteiger partial charge in [-0.05, 0) is 43.2 Å². The van der Waals surface area contributed by atoms with Gasteiger partial charge in [0.2, 0.25) is 0 Å². The molecule has 0 aliphatic carbocycles. The van der Waals surface area contributed by atoms with Gasteiger partial charge in [-0.1, -0.05) is 23.8 Å². The fraction of sp³-hybridized carbons (Fsp3) is 0.417. The average Bonchev–Trinajstić information content (AvgIpc) is 3.11. The monoisotopic (exact) mass is 427 g/mol. The molecule has 0 unspecified atom stereocenters. The third-order valence-electron chi connectivity index (χ3n) is 6.05. The standard InChI is InChI=1S/C24H29NO6/c1-13-8-14(2)20-17(9-13)18(24-23(29)22(28)21(27)19(12-26)31-24)11-25(20)10-15-4-6-16(30-3)7-5-15/h4-9,11,19,21-24,26-29H,10,12H2,1-3H3/t19-,21-,22+,23-,24+/m1/s1. The number of methoxy groups -OCH3 is 1. The number of fused-ring (bicyclic) bond motifs is 1. The summed E-state index contributed by atoms with van der Waals surface area (Å²) < 4.78 is 13.2. The number of benzene rings is 2. The van der Waals surface area contributed by atoms with E-state index in [0.29, 0.717) is 12.1 Å². The quantitative estimate of drug-likeness (QED) is 0.495. The molecule has 1 fully saturated rings. The van der Waals surface area contributed by atoms with Crippen LogP contribution < -0.4 is 4.74 Å². The third kappa shape index (κ3) is 3.95. The SMILES string of the molecule is COc1ccc(Cn2cc([C@@H]3O[C@H](CO)[C@@H](O)[C@H](O)[C@H]3O)c3cc(C)cc(C)c32)cc1. The fourth-order valence-corrected chi connectivity index (χ4v) is 4.50. The molecule has 7 heteroatoms. The van der Waals surface area contributed by atoms with Crippen LogP contribution in [0.1, 0.15) is 28.4 Å². The minimum atomic E-state index is -1.42. The van der Waals surface area contributed by atoms with Crippen LogP contribution in [0, 0.1) is 13.8 Å². The predicted octanol–water partition coefficient (Wildman–Crippen LogP) is 1.83. The Labute approximate surface area is 181 Å². The van der Waals surface area contributed by atoms with Gasteiger partial charge < -0.3 is 34.5 Å². The number of ether oxygens (including phenoxy) is 2. The van der Waals surface area contributed by atoms with E-state index in [4.69, 9.17) is 9.47 Å². The molecule has 7 nitrogen and oxygen atoms in total. The van der Waals surface area contributed by atoms with Gasteiger partial charge in [-0.3, -0.25) is 0 Å². The lowest BCUT2D eigenvalue weighted by atomic mass is 9.90. The molecule has 0 bridgehead atoms. The summed E-state index contributed by atoms with van der Waals surface area (Å²) in [5.41, 5.74) is 4.95. The number of aryl methyl sites for hydroxylation is 2. The van der Waals surface area contributed by atoms with Gasteiger partial charge in [0.05, 0.1) is 19.2 Å². The lowest BCUT2D eigenvalue weighted by molar-refractivity contribution is -0.231. The van der Waals surface area contributed by atoms with E-state index >= 15 is 0 Å². The third-order valence-corrected chi connectivity index (χ3v) is 6.05. The summed E-state index contributed by atoms with van der Waals surface area (Å²) >= 11 is 0. The van der Waals surface area contributed by atoms with Gasteiger partial charge in [-0.25, -0.2) is 0 Å². The van der Waals surface area contributed by atoms with Crippen molar-refractivity contribution in [3.05, 3.63) is 64.8 Å². The van der Waals surface area contributed by atoms with Crippen LogP contribution in [0.4, 0.5) is 0 Å². The summed E-state index contributed by atoms with van der Waals surface area (Å²) in [6.45, 7) is 4.19. The Kier molecular flexibility index (Phi) is 6.05. The van der Waals surface area contributed by atoms with Crippen LogP contribution in [0.25, 0.3) is 10.9 Å². The topological polar surface area (TPSA) is 104 Å². The first kappa shape index (κ1) is 21.8. The van der Waals surface area contributed by atoms with Gasteiger partial charge in [-0.2, -0.15) is 0 Å². The minimum absolute atomic E-state index is 0.454. The van der Waals surface area contributed by atoms with E-state index in [1.807, 2.05) is 50.4 Å². The molecule has 0 radical (unpaired) electrons. The maximum atomic E-state index is 10.7. The number of rotatable bonds is 5. The van der Waals surface area contributed by atoms with Gasteiger partial charge in [0.1, 0.15) is 36.3 Å². The van der Waals surface area contributed by atoms with Crippen LogP contribution in [0.15, 0.2) is 42.6 Å². The zero-order chi connectivity index (χ0) is 22.3. The molecule has 5 atom stereocenters. The average molecular weight is 427 g/mol. The van der Waals surface area contributed by atoms with Crippen molar-refractivity contribution in [3.8, 4) is 5.75 Å². The van der Waals surface area contributed by atoms with E-state index in [2.05, 4.69) is 10.6 Å². The van der Waals surface area contributed by atoms with Crippen LogP contribution in [-0.4, -0.2) is 63.1 Å². The Bertz CT molecular complexity index is 1060. The summed E-state index contributed by atoms with van der Waals surface area (Å²) in [5, 5.41) is 41.6. The van der Waals surface area contributed by atoms with Crippen LogP contribution in [0.3, 0.4) is 0 Å². The highest BCUT2D eigenvalue weighted by Crippen LogP contribution is 2.38. The van der Waals surface area contributed by atoms with Crippen molar-refractivity contribution in [3.63, 3.8) is 0 Å². The summed E-state index contributed by atoms with van der Waals surface area (Å²) in [6.07, 6.45) is -4.02. The molecule has 1 aromatic heterocycles. The number of hydrogen-bond acceptors (Lipinski definition) is 6. The lowest BCUT2D eigenvalue weighted by Gasteiger charge is -2.40. The molecule has 0 saturated carbocycles. The van der Waals surface area contributed by atoms with E-state index < -0.39 is 37.1 Å². The molecule has 1 aliphatic rings. The molecule has 0 amide bonds. The second-order valence-electron chi connectivity index (χ2n) is 8.29. The maximum Gasteiger partial charge on any atom is 0.118 e. The Morgan fingerprint density at radius 2 is 1.71 bits per heavy atom. The van der Waals surface area contributed by atoms with Crippen molar-refractivity contribution >= 4 is 10.9 Å². The smallest absolute Gasteiger partial charge is 0.118 e. The van der Waals surface area contributed by atoms with Crippen molar-refractivity contribution in [2.75, 3.05) is 13.7 Å². The molecule has 2 heterocycles. The first-order chi connectivity index (χ1) is 14.8. The van der Waals surface area contributed by atoms with Crippen LogP contribution in [-0.2, 0) is 11.3 Å². The van der Waals surface area contributed by atoms with Crippen LogP contribution >= 0.6 is 0 Å². The maximum absolute atomic E-state index is 10.7. The minimum Gasteiger partial charge on any atom is -0.497 e. The molecule has 1 saturated heterocycles. The van der Waals surface area contributed by atoms with Crippen molar-refractivity contribution in [1.29, 1.82) is 0 Å². The van der Waals surface area contributed by atoms with E-state index in [1.54, 1.807) is 7.11 Å². The van der Waals surface area contributed by atoms with E-state index in [-0.39, 0.29) is 0 Å². The Hall–Kier alpha value is -2.42. The van der Waals surface area contributed by atoms with Gasteiger partial charge in [0.15, 0.2) is 0 Å². The molecular weight excluding hydrogens is 398 g/mol. The molecule has 166 valence electrons. The molecular formula is C24H29NO6. The molecule has 3 aromatic rings. The second-order valence-corrected chi connectivity index (χ2v) is 8.29. The van der Waals surface area contributed by atoms with Crippen LogP contribution in [0.2, 0.25) is 0 Å². The van der Waals surface area contributed by atoms with E-state index in [9.17, 15) is 20.4 Å². The van der Waals surface area contributed by atoms with Crippen LogP contribution in [0.5, 0.6) is 5.75 Å². The Morgan fingerprint density at radius 3 is 2.35 bits per heavy atom. The Balaban J connectivity index is 1.80. The summed E-state index contributed by atoms with van der Waals surface area (Å²) in [5.74, 6) is 0.787. The number of aliphatic hydroxyl groups excluding tert-OH is 4. The number of nitrogens with zero attached hydrogens (tertiary/aromatic N) is 1. The number of aromatic nitrogens is 1. The molecule has 2 aromatic carbocycles. The van der Waals surface area contributed by atoms with E-state index in [1.165, 1.54) is 0 Å². The van der Waals surface area contributed by atoms with Crippen molar-refractivity contribution in [1.82, 2.24) is 4.57 Å². The largest absolute Gasteiger partial charge is 0.497 e. The summed E-state index contributed by atoms with van der Waals surface area (Å²) in [6, 6.07) is 12.0. The highest BCUT2D eigenvalue weighted by atomic mass is 16.5. The first-order valence-corrected chi connectivity index (χ1v) is 10.4. The summed E-state index contributed by atoms with van der Waals surface area (Å²) in [7, 11) is 1.63. The van der Waals surface area contributed by atoms with Crippen molar-refractivity contribution in [2.24, 2.45) is 0 Å². The van der Waals surface area contributed by atoms with Crippen molar-refractivity contribution < 1.29 is 29.9 Å². The molecule has 1 aliphatic heterocycles. The summed E-state index contributed by atoms with van der Waals surface area (Å²) in [4.78, 5) is 0. The fourth-order valence-electron chi connectivity index (χ4n) is 4.50. The molecule has 4 N–H and O–H groups in total. The van der Waals surface area contributed by atoms with Gasteiger partial charge in [-0.15, -0.1) is 0 Å². The highest BCUT2D eigenvalue weighted by Gasteiger charge is 2.44. The normalized spacial score (nSPS) is 26.4. The van der Waals surface area contributed by atoms with Gasteiger partial charge in [0, 0.05) is 23.7 Å². The van der Waals surface area contributed by atoms with E-state index in [0.717, 1.165) is 33.3 Å². The number of aliphatic hydroxyl groups is 4.